The Balaban J connectivity index is 1.34. The van der Waals surface area contributed by atoms with Gasteiger partial charge in [0.25, 0.3) is 21.8 Å². The van der Waals surface area contributed by atoms with Crippen molar-refractivity contribution in [1.82, 2.24) is 10.7 Å². The number of carbonyl (C=O) groups excluding carboxylic acids is 2. The van der Waals surface area contributed by atoms with E-state index in [9.17, 15) is 18.0 Å². The van der Waals surface area contributed by atoms with Crippen LogP contribution in [0.15, 0.2) is 113 Å². The highest BCUT2D eigenvalue weighted by Crippen LogP contribution is 2.35. The molecule has 2 amide bonds. The van der Waals surface area contributed by atoms with Gasteiger partial charge in [-0.2, -0.15) is 5.10 Å². The van der Waals surface area contributed by atoms with Crippen molar-refractivity contribution in [3.05, 3.63) is 124 Å². The molecule has 43 heavy (non-hydrogen) atoms. The molecular formula is C31H28Cl2N4O5S. The summed E-state index contributed by atoms with van der Waals surface area (Å²) in [6.45, 7) is 1.14. The Labute approximate surface area is 260 Å². The zero-order chi connectivity index (χ0) is 30.8. The number of ether oxygens (including phenoxy) is 1. The van der Waals surface area contributed by atoms with E-state index in [1.165, 1.54) is 36.5 Å². The summed E-state index contributed by atoms with van der Waals surface area (Å²) in [7, 11) is -4.17. The van der Waals surface area contributed by atoms with Crippen LogP contribution in [0, 0.1) is 0 Å². The molecule has 222 valence electrons. The van der Waals surface area contributed by atoms with E-state index in [2.05, 4.69) is 15.8 Å². The molecule has 0 heterocycles. The van der Waals surface area contributed by atoms with Gasteiger partial charge in [-0.05, 0) is 66.6 Å². The zero-order valence-electron chi connectivity index (χ0n) is 23.0. The number of hydrogen-bond donors (Lipinski definition) is 2. The smallest absolute Gasteiger partial charge is 0.264 e. The first-order valence-corrected chi connectivity index (χ1v) is 15.3. The second kappa shape index (κ2) is 14.7. The minimum absolute atomic E-state index is 0.00882. The van der Waals surface area contributed by atoms with Crippen LogP contribution in [0.3, 0.4) is 0 Å². The predicted molar refractivity (Wildman–Crippen MR) is 168 cm³/mol. The first-order chi connectivity index (χ1) is 20.6. The van der Waals surface area contributed by atoms with Crippen LogP contribution >= 0.6 is 23.2 Å². The molecule has 9 nitrogen and oxygen atoms in total. The van der Waals surface area contributed by atoms with Crippen molar-refractivity contribution in [2.24, 2.45) is 5.10 Å². The maximum absolute atomic E-state index is 13.4. The molecule has 0 radical (unpaired) electrons. The molecule has 4 rings (SSSR count). The molecule has 1 atom stereocenters. The first-order valence-electron chi connectivity index (χ1n) is 13.1. The third kappa shape index (κ3) is 8.57. The third-order valence-electron chi connectivity index (χ3n) is 6.15. The molecule has 2 N–H and O–H groups in total. The van der Waals surface area contributed by atoms with Gasteiger partial charge >= 0.3 is 0 Å². The molecule has 0 saturated carbocycles. The molecule has 0 spiro atoms. The van der Waals surface area contributed by atoms with E-state index in [-0.39, 0.29) is 39.2 Å². The fourth-order valence-corrected chi connectivity index (χ4v) is 5.86. The molecule has 0 fully saturated rings. The summed E-state index contributed by atoms with van der Waals surface area (Å²) in [4.78, 5) is 25.0. The highest BCUT2D eigenvalue weighted by molar-refractivity contribution is 7.92. The Morgan fingerprint density at radius 2 is 1.53 bits per heavy atom. The number of nitrogens with zero attached hydrogens (tertiary/aromatic N) is 2. The third-order valence-corrected chi connectivity index (χ3v) is 8.73. The van der Waals surface area contributed by atoms with Crippen molar-refractivity contribution >= 4 is 56.9 Å². The molecule has 0 aliphatic rings. The van der Waals surface area contributed by atoms with Crippen LogP contribution in [-0.2, 0) is 19.6 Å². The van der Waals surface area contributed by atoms with Gasteiger partial charge in [-0.1, -0.05) is 77.8 Å². The van der Waals surface area contributed by atoms with Crippen LogP contribution in [0.2, 0.25) is 10.0 Å². The van der Waals surface area contributed by atoms with Crippen LogP contribution in [-0.4, -0.2) is 39.6 Å². The van der Waals surface area contributed by atoms with Gasteiger partial charge in [0.2, 0.25) is 0 Å². The summed E-state index contributed by atoms with van der Waals surface area (Å²) >= 11 is 12.4. The number of halogens is 2. The first kappa shape index (κ1) is 31.6. The van der Waals surface area contributed by atoms with E-state index in [4.69, 9.17) is 27.9 Å². The van der Waals surface area contributed by atoms with Crippen LogP contribution < -0.4 is 19.8 Å². The minimum atomic E-state index is -4.17. The molecule has 0 unspecified atom stereocenters. The summed E-state index contributed by atoms with van der Waals surface area (Å²) in [6.07, 6.45) is 1.39. The van der Waals surface area contributed by atoms with E-state index in [0.717, 1.165) is 9.87 Å². The Morgan fingerprint density at radius 1 is 0.884 bits per heavy atom. The molecule has 0 aliphatic carbocycles. The van der Waals surface area contributed by atoms with Crippen molar-refractivity contribution in [2.75, 3.05) is 17.5 Å². The monoisotopic (exact) mass is 638 g/mol. The highest BCUT2D eigenvalue weighted by Gasteiger charge is 2.29. The maximum atomic E-state index is 13.4. The van der Waals surface area contributed by atoms with Crippen molar-refractivity contribution in [3.63, 3.8) is 0 Å². The van der Waals surface area contributed by atoms with Crippen molar-refractivity contribution in [1.29, 1.82) is 0 Å². The topological polar surface area (TPSA) is 117 Å². The predicted octanol–water partition coefficient (Wildman–Crippen LogP) is 5.60. The number of amides is 2. The minimum Gasteiger partial charge on any atom is -0.484 e. The van der Waals surface area contributed by atoms with Crippen LogP contribution in [0.1, 0.15) is 24.1 Å². The number of anilines is 1. The Bertz CT molecular complexity index is 1690. The molecule has 0 aromatic heterocycles. The second-order valence-electron chi connectivity index (χ2n) is 9.25. The Morgan fingerprint density at radius 3 is 2.21 bits per heavy atom. The summed E-state index contributed by atoms with van der Waals surface area (Å²) in [6, 6.07) is 28.3. The van der Waals surface area contributed by atoms with Crippen LogP contribution in [0.5, 0.6) is 5.75 Å². The van der Waals surface area contributed by atoms with Crippen LogP contribution in [0.25, 0.3) is 0 Å². The number of carbonyl (C=O) groups is 2. The van der Waals surface area contributed by atoms with E-state index < -0.39 is 22.5 Å². The molecular weight excluding hydrogens is 611 g/mol. The number of hydrazone groups is 1. The average Bonchev–Trinajstić information content (AvgIpc) is 3.02. The molecule has 4 aromatic carbocycles. The molecule has 0 saturated heterocycles. The molecule has 0 aliphatic heterocycles. The normalized spacial score (nSPS) is 12.0. The second-order valence-corrected chi connectivity index (χ2v) is 11.9. The molecule has 0 bridgehead atoms. The van der Waals surface area contributed by atoms with Gasteiger partial charge in [-0.15, -0.1) is 0 Å². The SMILES string of the molecule is C[C@@H](NC(=O)COc1ccc(/C=N\NC(=O)CN(c2cccc(Cl)c2Cl)S(=O)(=O)c2ccccc2)cc1)c1ccccc1. The van der Waals surface area contributed by atoms with Crippen molar-refractivity contribution in [3.8, 4) is 5.75 Å². The van der Waals surface area contributed by atoms with Gasteiger partial charge < -0.3 is 10.1 Å². The lowest BCUT2D eigenvalue weighted by Crippen LogP contribution is -2.39. The zero-order valence-corrected chi connectivity index (χ0v) is 25.3. The number of benzene rings is 4. The fraction of sp³-hybridized carbons (Fsp3) is 0.129. The van der Waals surface area contributed by atoms with Gasteiger partial charge in [0.05, 0.1) is 32.9 Å². The average molecular weight is 640 g/mol. The largest absolute Gasteiger partial charge is 0.484 e. The Hall–Kier alpha value is -4.38. The highest BCUT2D eigenvalue weighted by atomic mass is 35.5. The number of nitrogens with one attached hydrogen (secondary N) is 2. The summed E-state index contributed by atoms with van der Waals surface area (Å²) < 4.78 is 33.3. The van der Waals surface area contributed by atoms with E-state index in [1.54, 1.807) is 42.5 Å². The lowest BCUT2D eigenvalue weighted by atomic mass is 10.1. The Kier molecular flexibility index (Phi) is 10.8. The quantitative estimate of drug-likeness (QED) is 0.155. The van der Waals surface area contributed by atoms with Gasteiger partial charge in [-0.25, -0.2) is 13.8 Å². The summed E-state index contributed by atoms with van der Waals surface area (Å²) in [5, 5.41) is 6.95. The number of sulfonamides is 1. The number of hydrogen-bond acceptors (Lipinski definition) is 6. The number of rotatable bonds is 12. The fourth-order valence-electron chi connectivity index (χ4n) is 3.96. The lowest BCUT2D eigenvalue weighted by molar-refractivity contribution is -0.123. The summed E-state index contributed by atoms with van der Waals surface area (Å²) in [5.74, 6) is -0.488. The summed E-state index contributed by atoms with van der Waals surface area (Å²) in [5.41, 5.74) is 4.01. The van der Waals surface area contributed by atoms with Gasteiger partial charge in [0, 0.05) is 0 Å². The molecule has 12 heteroatoms. The standard InChI is InChI=1S/C31H28Cl2N4O5S/c1-22(24-9-4-2-5-10-24)35-30(39)21-42-25-17-15-23(16-18-25)19-34-36-29(38)20-37(28-14-8-13-27(32)31(28)33)43(40,41)26-11-6-3-7-12-26/h2-19,22H,20-21H2,1H3,(H,35,39)(H,36,38)/b34-19-/t22-/m1/s1. The maximum Gasteiger partial charge on any atom is 0.264 e. The molecule has 4 aromatic rings. The van der Waals surface area contributed by atoms with Crippen molar-refractivity contribution in [2.45, 2.75) is 17.9 Å². The van der Waals surface area contributed by atoms with E-state index in [0.29, 0.717) is 11.3 Å². The van der Waals surface area contributed by atoms with Crippen LogP contribution in [0.4, 0.5) is 5.69 Å². The van der Waals surface area contributed by atoms with Gasteiger partial charge in [0.15, 0.2) is 6.61 Å². The van der Waals surface area contributed by atoms with E-state index >= 15 is 0 Å². The van der Waals surface area contributed by atoms with E-state index in [1.807, 2.05) is 37.3 Å². The van der Waals surface area contributed by atoms with Gasteiger partial charge in [0.1, 0.15) is 12.3 Å². The van der Waals surface area contributed by atoms with Gasteiger partial charge in [-0.3, -0.25) is 13.9 Å². The van der Waals surface area contributed by atoms with Crippen molar-refractivity contribution < 1.29 is 22.7 Å². The lowest BCUT2D eigenvalue weighted by Gasteiger charge is -2.24.